The quantitative estimate of drug-likeness (QED) is 0.150. The maximum absolute atomic E-state index is 3.47. The molecule has 0 atom stereocenters. The molecule has 1 aromatic heterocycles. The molecule has 0 aliphatic heterocycles. The number of para-hydroxylation sites is 3. The molecule has 280 valence electrons. The van der Waals surface area contributed by atoms with Gasteiger partial charge in [0.1, 0.15) is 5.69 Å². The topological polar surface area (TPSA) is 8.17 Å². The lowest BCUT2D eigenvalue weighted by molar-refractivity contribution is 1.18. The molecule has 0 bridgehead atoms. The van der Waals surface area contributed by atoms with Crippen LogP contribution in [0.3, 0.4) is 0 Å². The third kappa shape index (κ3) is 6.18. The molecule has 0 spiro atoms. The van der Waals surface area contributed by atoms with Gasteiger partial charge in [0.15, 0.2) is 0 Å². The van der Waals surface area contributed by atoms with E-state index in [2.05, 4.69) is 246 Å². The lowest BCUT2D eigenvalue weighted by atomic mass is 9.98. The molecule has 11 aromatic rings. The van der Waals surface area contributed by atoms with Gasteiger partial charge in [0, 0.05) is 38.7 Å². The molecular weight excluding hydrogens is 725 g/mol. The maximum Gasteiger partial charge on any atom is 0.105 e. The average molecular weight is 763 g/mol. The van der Waals surface area contributed by atoms with Gasteiger partial charge in [-0.2, -0.15) is 0 Å². The van der Waals surface area contributed by atoms with Gasteiger partial charge in [-0.3, -0.25) is 0 Å². The molecule has 0 unspecified atom stereocenters. The van der Waals surface area contributed by atoms with Crippen LogP contribution in [0.25, 0.3) is 82.8 Å². The molecule has 60 heavy (non-hydrogen) atoms. The normalized spacial score (nSPS) is 11.2. The minimum absolute atomic E-state index is 0.968. The van der Waals surface area contributed by atoms with Crippen LogP contribution >= 0.6 is 0 Å². The van der Waals surface area contributed by atoms with Gasteiger partial charge < -0.3 is 9.47 Å². The van der Waals surface area contributed by atoms with Crippen molar-refractivity contribution in [3.05, 3.63) is 243 Å². The monoisotopic (exact) mass is 762 g/mol. The lowest BCUT2D eigenvalue weighted by Crippen LogP contribution is -2.10. The van der Waals surface area contributed by atoms with Crippen LogP contribution in [0, 0.1) is 12.1 Å². The summed E-state index contributed by atoms with van der Waals surface area (Å²) in [6, 6.07) is 89.4. The van der Waals surface area contributed by atoms with Crippen molar-refractivity contribution in [2.45, 2.75) is 0 Å². The third-order valence-corrected chi connectivity index (χ3v) is 11.7. The average Bonchev–Trinajstić information content (AvgIpc) is 3.67. The zero-order chi connectivity index (χ0) is 39.8. The number of nitrogens with zero attached hydrogens (tertiary/aromatic N) is 2. The number of benzene rings is 9. The van der Waals surface area contributed by atoms with Gasteiger partial charge in [0.25, 0.3) is 0 Å². The second kappa shape index (κ2) is 15.0. The zero-order valence-corrected chi connectivity index (χ0v) is 32.8. The first-order chi connectivity index (χ1) is 29.8. The molecule has 1 heterocycles. The van der Waals surface area contributed by atoms with E-state index in [-0.39, 0.29) is 0 Å². The molecule has 2 heteroatoms. The van der Waals surface area contributed by atoms with Gasteiger partial charge in [-0.15, -0.1) is 0 Å². The van der Waals surface area contributed by atoms with E-state index in [9.17, 15) is 0 Å². The predicted molar refractivity (Wildman–Crippen MR) is 252 cm³/mol. The number of fused-ring (bicyclic) bond motifs is 4. The molecular formula is C58H38N2. The number of aromatic nitrogens is 1. The van der Waals surface area contributed by atoms with Crippen LogP contribution in [0.1, 0.15) is 0 Å². The van der Waals surface area contributed by atoms with Crippen molar-refractivity contribution in [3.63, 3.8) is 0 Å². The minimum atomic E-state index is 0.968. The molecule has 0 saturated heterocycles. The first kappa shape index (κ1) is 35.1. The van der Waals surface area contributed by atoms with Crippen LogP contribution in [-0.2, 0) is 0 Å². The van der Waals surface area contributed by atoms with Crippen LogP contribution in [0.4, 0.5) is 17.1 Å². The van der Waals surface area contributed by atoms with Gasteiger partial charge in [0.2, 0.25) is 0 Å². The van der Waals surface area contributed by atoms with E-state index < -0.39 is 0 Å². The second-order valence-electron chi connectivity index (χ2n) is 15.2. The summed E-state index contributed by atoms with van der Waals surface area (Å²) >= 11 is 0. The van der Waals surface area contributed by atoms with Crippen molar-refractivity contribution in [2.75, 3.05) is 4.90 Å². The van der Waals surface area contributed by atoms with Crippen LogP contribution in [0.15, 0.2) is 231 Å². The molecule has 2 nitrogen and oxygen atoms in total. The Kier molecular flexibility index (Phi) is 8.77. The fourth-order valence-corrected chi connectivity index (χ4v) is 8.78. The fourth-order valence-electron chi connectivity index (χ4n) is 8.78. The fraction of sp³-hybridized carbons (Fsp3) is 0. The van der Waals surface area contributed by atoms with E-state index in [1.807, 2.05) is 6.07 Å². The summed E-state index contributed by atoms with van der Waals surface area (Å²) in [6.07, 6.45) is 0. The number of rotatable bonds is 8. The summed E-state index contributed by atoms with van der Waals surface area (Å²) in [6.45, 7) is 0. The summed E-state index contributed by atoms with van der Waals surface area (Å²) < 4.78 is 2.46. The molecule has 0 N–H and O–H groups in total. The van der Waals surface area contributed by atoms with Crippen molar-refractivity contribution < 1.29 is 0 Å². The molecule has 0 fully saturated rings. The maximum atomic E-state index is 3.47. The highest BCUT2D eigenvalue weighted by molar-refractivity contribution is 6.14. The van der Waals surface area contributed by atoms with Crippen LogP contribution in [0.2, 0.25) is 0 Å². The first-order valence-electron chi connectivity index (χ1n) is 20.4. The number of hydrogen-bond acceptors (Lipinski definition) is 1. The zero-order valence-electron chi connectivity index (χ0n) is 32.8. The van der Waals surface area contributed by atoms with Gasteiger partial charge in [-0.05, 0) is 87.3 Å². The second-order valence-corrected chi connectivity index (χ2v) is 15.2. The van der Waals surface area contributed by atoms with Gasteiger partial charge >= 0.3 is 0 Å². The van der Waals surface area contributed by atoms with Crippen LogP contribution in [0.5, 0.6) is 0 Å². The van der Waals surface area contributed by atoms with Crippen LogP contribution < -0.4 is 4.90 Å². The van der Waals surface area contributed by atoms with Crippen molar-refractivity contribution in [1.29, 1.82) is 0 Å². The van der Waals surface area contributed by atoms with Crippen molar-refractivity contribution in [2.24, 2.45) is 0 Å². The highest BCUT2D eigenvalue weighted by atomic mass is 15.1. The molecule has 11 rings (SSSR count). The van der Waals surface area contributed by atoms with Gasteiger partial charge in [0.05, 0.1) is 16.7 Å². The van der Waals surface area contributed by atoms with E-state index in [1.165, 1.54) is 55.2 Å². The minimum Gasteiger partial charge on any atom is -0.308 e. The summed E-state index contributed by atoms with van der Waals surface area (Å²) in [5.74, 6) is 0. The highest BCUT2D eigenvalue weighted by Gasteiger charge is 2.19. The smallest absolute Gasteiger partial charge is 0.105 e. The summed E-state index contributed by atoms with van der Waals surface area (Å²) in [5, 5.41) is 4.75. The molecule has 10 aromatic carbocycles. The van der Waals surface area contributed by atoms with E-state index >= 15 is 0 Å². The largest absolute Gasteiger partial charge is 0.308 e. The molecule has 0 saturated carbocycles. The SMILES string of the molecule is c1cc2ccccc2c(N(c2ccc(-c3ccccc3)cc2)c2ccc(-c3ccc(-c4ccccc4-n4c5ccccc5c5cccc(-c6ccccc6)c54)cc3)cc2)c#1. The Bertz CT molecular complexity index is 3270. The van der Waals surface area contributed by atoms with E-state index in [0.29, 0.717) is 0 Å². The summed E-state index contributed by atoms with van der Waals surface area (Å²) in [4.78, 5) is 2.29. The molecule has 0 aliphatic carbocycles. The van der Waals surface area contributed by atoms with Gasteiger partial charge in [-0.1, -0.05) is 194 Å². The van der Waals surface area contributed by atoms with E-state index in [0.717, 1.165) is 44.6 Å². The Morgan fingerprint density at radius 2 is 0.833 bits per heavy atom. The predicted octanol–water partition coefficient (Wildman–Crippen LogP) is 15.7. The van der Waals surface area contributed by atoms with Crippen molar-refractivity contribution in [3.8, 4) is 50.2 Å². The molecule has 0 radical (unpaired) electrons. The van der Waals surface area contributed by atoms with E-state index in [4.69, 9.17) is 0 Å². The van der Waals surface area contributed by atoms with Crippen molar-refractivity contribution in [1.82, 2.24) is 4.57 Å². The Hall–Kier alpha value is -8.12. The Morgan fingerprint density at radius 3 is 1.53 bits per heavy atom. The number of hydrogen-bond donors (Lipinski definition) is 0. The number of anilines is 3. The summed E-state index contributed by atoms with van der Waals surface area (Å²) in [5.41, 5.74) is 16.1. The Morgan fingerprint density at radius 1 is 0.350 bits per heavy atom. The van der Waals surface area contributed by atoms with Crippen molar-refractivity contribution >= 4 is 49.6 Å². The third-order valence-electron chi connectivity index (χ3n) is 11.7. The highest BCUT2D eigenvalue weighted by Crippen LogP contribution is 2.42. The molecule has 0 amide bonds. The lowest BCUT2D eigenvalue weighted by Gasteiger charge is -2.25. The molecule has 0 aliphatic rings. The summed E-state index contributed by atoms with van der Waals surface area (Å²) in [7, 11) is 0. The first-order valence-corrected chi connectivity index (χ1v) is 20.4. The Labute approximate surface area is 350 Å². The van der Waals surface area contributed by atoms with Crippen LogP contribution in [-0.4, -0.2) is 4.57 Å². The Balaban J connectivity index is 0.964. The van der Waals surface area contributed by atoms with E-state index in [1.54, 1.807) is 0 Å². The standard InChI is InChI=1S/C58H38N2/c1-3-15-41(16-4-1)43-33-37-48(38-34-43)59(55-28-13-20-45-19-7-8-21-50(45)55)49-39-35-44(36-40-49)42-29-31-47(32-30-42)51-22-9-11-26-56(51)60-57-27-12-10-23-53(57)54-25-14-24-52(58(54)60)46-17-5-2-6-18-46/h1-12,14-27,29-40H. The van der Waals surface area contributed by atoms with Gasteiger partial charge in [-0.25, -0.2) is 0 Å².